The van der Waals surface area contributed by atoms with Gasteiger partial charge in [-0.3, -0.25) is 4.40 Å². The van der Waals surface area contributed by atoms with Gasteiger partial charge >= 0.3 is 0 Å². The number of ether oxygens (including phenoxy) is 2. The highest BCUT2D eigenvalue weighted by atomic mass is 32.1. The van der Waals surface area contributed by atoms with Crippen LogP contribution in [0.2, 0.25) is 0 Å². The summed E-state index contributed by atoms with van der Waals surface area (Å²) in [5, 5.41) is 13.9. The molecule has 0 saturated carbocycles. The minimum absolute atomic E-state index is 0.0894. The lowest BCUT2D eigenvalue weighted by atomic mass is 10.1. The number of fused-ring (bicyclic) bond motifs is 3. The van der Waals surface area contributed by atoms with Crippen LogP contribution in [0.4, 0.5) is 5.82 Å². The van der Waals surface area contributed by atoms with E-state index in [1.54, 1.807) is 23.5 Å². The van der Waals surface area contributed by atoms with Gasteiger partial charge in [-0.15, -0.1) is 0 Å². The number of hydrogen-bond donors (Lipinski definition) is 2. The Morgan fingerprint density at radius 1 is 1.17 bits per heavy atom. The molecule has 152 valence electrons. The molecule has 0 aliphatic rings. The summed E-state index contributed by atoms with van der Waals surface area (Å²) in [7, 11) is 1.54. The summed E-state index contributed by atoms with van der Waals surface area (Å²) in [6.07, 6.45) is 0. The lowest BCUT2D eigenvalue weighted by molar-refractivity contribution is 0.340. The lowest BCUT2D eigenvalue weighted by Crippen LogP contribution is -2.27. The first-order chi connectivity index (χ1) is 13.8. The van der Waals surface area contributed by atoms with Crippen molar-refractivity contribution < 1.29 is 14.6 Å². The highest BCUT2D eigenvalue weighted by molar-refractivity contribution is 7.23. The molecule has 7 heteroatoms. The van der Waals surface area contributed by atoms with Crippen LogP contribution in [0.1, 0.15) is 27.7 Å². The molecule has 0 radical (unpaired) electrons. The molecular formula is C22H25N3O3S. The zero-order valence-corrected chi connectivity index (χ0v) is 18.1. The van der Waals surface area contributed by atoms with Gasteiger partial charge in [0, 0.05) is 17.2 Å². The normalized spacial score (nSPS) is 11.9. The largest absolute Gasteiger partial charge is 0.504 e. The van der Waals surface area contributed by atoms with Crippen LogP contribution in [0, 0.1) is 0 Å². The van der Waals surface area contributed by atoms with Crippen molar-refractivity contribution in [2.75, 3.05) is 19.0 Å². The fourth-order valence-electron chi connectivity index (χ4n) is 3.31. The molecule has 0 aliphatic carbocycles. The highest BCUT2D eigenvalue weighted by Crippen LogP contribution is 2.40. The maximum Gasteiger partial charge on any atom is 0.197 e. The van der Waals surface area contributed by atoms with Gasteiger partial charge in [0.2, 0.25) is 0 Å². The monoisotopic (exact) mass is 411 g/mol. The fraction of sp³-hybridized carbons (Fsp3) is 0.318. The minimum atomic E-state index is -0.176. The molecule has 0 bridgehead atoms. The van der Waals surface area contributed by atoms with Gasteiger partial charge in [0.1, 0.15) is 17.3 Å². The van der Waals surface area contributed by atoms with Gasteiger partial charge in [0.05, 0.1) is 23.9 Å². The third kappa shape index (κ3) is 3.58. The first kappa shape index (κ1) is 19.4. The van der Waals surface area contributed by atoms with Crippen molar-refractivity contribution in [3.63, 3.8) is 0 Å². The van der Waals surface area contributed by atoms with Crippen molar-refractivity contribution in [2.24, 2.45) is 0 Å². The van der Waals surface area contributed by atoms with Gasteiger partial charge in [-0.1, -0.05) is 11.3 Å². The van der Waals surface area contributed by atoms with Crippen molar-refractivity contribution in [1.82, 2.24) is 9.38 Å². The third-order valence-corrected chi connectivity index (χ3v) is 5.50. The zero-order valence-electron chi connectivity index (χ0n) is 17.2. The number of nitrogens with one attached hydrogen (secondary N) is 1. The van der Waals surface area contributed by atoms with Crippen LogP contribution in [0.5, 0.6) is 17.2 Å². The van der Waals surface area contributed by atoms with Crippen molar-refractivity contribution in [2.45, 2.75) is 33.2 Å². The number of phenols is 1. The quantitative estimate of drug-likeness (QED) is 0.451. The summed E-state index contributed by atoms with van der Waals surface area (Å²) < 4.78 is 14.2. The Bertz CT molecular complexity index is 1190. The van der Waals surface area contributed by atoms with E-state index in [2.05, 4.69) is 36.6 Å². The van der Waals surface area contributed by atoms with Crippen molar-refractivity contribution in [1.29, 1.82) is 0 Å². The molecule has 4 rings (SSSR count). The Morgan fingerprint density at radius 3 is 2.62 bits per heavy atom. The number of benzene rings is 2. The Labute approximate surface area is 173 Å². The van der Waals surface area contributed by atoms with Gasteiger partial charge in [-0.2, -0.15) is 0 Å². The average Bonchev–Trinajstić information content (AvgIpc) is 3.17. The summed E-state index contributed by atoms with van der Waals surface area (Å²) in [6, 6.07) is 11.5. The molecule has 0 fully saturated rings. The van der Waals surface area contributed by atoms with Crippen LogP contribution in [0.3, 0.4) is 0 Å². The molecule has 0 amide bonds. The molecule has 2 N–H and O–H groups in total. The number of imidazole rings is 1. The molecule has 2 aromatic heterocycles. The molecule has 4 aromatic rings. The number of methoxy groups -OCH3 is 1. The number of hydrogen-bond acceptors (Lipinski definition) is 6. The summed E-state index contributed by atoms with van der Waals surface area (Å²) in [6.45, 7) is 8.93. The van der Waals surface area contributed by atoms with E-state index in [9.17, 15) is 5.11 Å². The van der Waals surface area contributed by atoms with E-state index in [0.717, 1.165) is 38.0 Å². The maximum atomic E-state index is 10.3. The number of aromatic nitrogens is 2. The van der Waals surface area contributed by atoms with Crippen molar-refractivity contribution >= 4 is 32.3 Å². The second-order valence-electron chi connectivity index (χ2n) is 7.85. The molecule has 0 unspecified atom stereocenters. The molecular weight excluding hydrogens is 386 g/mol. The topological polar surface area (TPSA) is 68.0 Å². The SMILES string of the molecule is CCOc1ccc2sc3nc(-c4ccc(OC)c(O)c4)c(NC(C)(C)C)n3c2c1. The van der Waals surface area contributed by atoms with Crippen LogP contribution < -0.4 is 14.8 Å². The first-order valence-electron chi connectivity index (χ1n) is 9.54. The molecule has 0 saturated heterocycles. The Balaban J connectivity index is 1.97. The van der Waals surface area contributed by atoms with Gasteiger partial charge in [0.15, 0.2) is 16.5 Å². The summed E-state index contributed by atoms with van der Waals surface area (Å²) in [4.78, 5) is 5.78. The fourth-order valence-corrected chi connectivity index (χ4v) is 4.32. The number of aromatic hydroxyl groups is 1. The predicted molar refractivity (Wildman–Crippen MR) is 119 cm³/mol. The van der Waals surface area contributed by atoms with E-state index < -0.39 is 0 Å². The second kappa shape index (κ2) is 7.15. The van der Waals surface area contributed by atoms with E-state index in [-0.39, 0.29) is 11.3 Å². The van der Waals surface area contributed by atoms with Crippen LogP contribution in [0.25, 0.3) is 26.4 Å². The Hall–Kier alpha value is -2.93. The Morgan fingerprint density at radius 2 is 1.97 bits per heavy atom. The van der Waals surface area contributed by atoms with Crippen LogP contribution in [-0.2, 0) is 0 Å². The second-order valence-corrected chi connectivity index (χ2v) is 8.86. The molecule has 0 aliphatic heterocycles. The van der Waals surface area contributed by atoms with Crippen LogP contribution in [0.15, 0.2) is 36.4 Å². The molecule has 2 aromatic carbocycles. The number of phenolic OH excluding ortho intramolecular Hbond substituents is 1. The number of anilines is 1. The summed E-state index contributed by atoms with van der Waals surface area (Å²) in [5.41, 5.74) is 2.47. The van der Waals surface area contributed by atoms with E-state index in [1.807, 2.05) is 25.1 Å². The first-order valence-corrected chi connectivity index (χ1v) is 10.4. The van der Waals surface area contributed by atoms with E-state index in [0.29, 0.717) is 12.4 Å². The smallest absolute Gasteiger partial charge is 0.197 e. The predicted octanol–water partition coefficient (Wildman–Crippen LogP) is 5.54. The van der Waals surface area contributed by atoms with Crippen molar-refractivity contribution in [3.05, 3.63) is 36.4 Å². The molecule has 0 spiro atoms. The highest BCUT2D eigenvalue weighted by Gasteiger charge is 2.23. The molecule has 29 heavy (non-hydrogen) atoms. The minimum Gasteiger partial charge on any atom is -0.504 e. The zero-order chi connectivity index (χ0) is 20.8. The van der Waals surface area contributed by atoms with E-state index in [1.165, 1.54) is 7.11 Å². The number of rotatable bonds is 5. The number of nitrogens with zero attached hydrogens (tertiary/aromatic N) is 2. The van der Waals surface area contributed by atoms with Gasteiger partial charge < -0.3 is 19.9 Å². The van der Waals surface area contributed by atoms with E-state index >= 15 is 0 Å². The van der Waals surface area contributed by atoms with Crippen molar-refractivity contribution in [3.8, 4) is 28.5 Å². The van der Waals surface area contributed by atoms with Crippen LogP contribution in [-0.4, -0.2) is 33.7 Å². The van der Waals surface area contributed by atoms with Gasteiger partial charge in [0.25, 0.3) is 0 Å². The van der Waals surface area contributed by atoms with Crippen LogP contribution >= 0.6 is 11.3 Å². The molecule has 2 heterocycles. The average molecular weight is 412 g/mol. The summed E-state index contributed by atoms with van der Waals surface area (Å²) in [5.74, 6) is 2.24. The number of thiazole rings is 1. The standard InChI is InChI=1S/C22H25N3O3S/c1-6-28-14-8-10-18-15(12-14)25-20(24-22(2,3)4)19(23-21(25)29-18)13-7-9-17(27-5)16(26)11-13/h7-12,24,26H,6H2,1-5H3. The lowest BCUT2D eigenvalue weighted by Gasteiger charge is -2.22. The molecule has 6 nitrogen and oxygen atoms in total. The third-order valence-electron chi connectivity index (χ3n) is 4.48. The Kier molecular flexibility index (Phi) is 4.78. The molecule has 0 atom stereocenters. The maximum absolute atomic E-state index is 10.3. The van der Waals surface area contributed by atoms with Gasteiger partial charge in [-0.25, -0.2) is 4.98 Å². The van der Waals surface area contributed by atoms with E-state index in [4.69, 9.17) is 14.5 Å². The van der Waals surface area contributed by atoms with Gasteiger partial charge in [-0.05, 0) is 58.0 Å². The summed E-state index contributed by atoms with van der Waals surface area (Å²) >= 11 is 1.63.